The van der Waals surface area contributed by atoms with Gasteiger partial charge in [0.25, 0.3) is 0 Å². The minimum absolute atomic E-state index is 0.296. The Morgan fingerprint density at radius 1 is 1.03 bits per heavy atom. The second-order valence-corrected chi connectivity index (χ2v) is 13.3. The molecule has 1 aliphatic rings. The van der Waals surface area contributed by atoms with Gasteiger partial charge in [0.2, 0.25) is 0 Å². The van der Waals surface area contributed by atoms with E-state index in [1.54, 1.807) is 20.8 Å². The van der Waals surface area contributed by atoms with Gasteiger partial charge in [-0.25, -0.2) is 8.42 Å². The molecule has 1 atom stereocenters. The molecular formula is C27H34ClNO2S. The Morgan fingerprint density at radius 3 is 2.22 bits per heavy atom. The van der Waals surface area contributed by atoms with Crippen molar-refractivity contribution in [3.8, 4) is 6.07 Å². The van der Waals surface area contributed by atoms with Crippen molar-refractivity contribution in [1.29, 1.82) is 5.26 Å². The first-order chi connectivity index (χ1) is 15.1. The highest BCUT2D eigenvalue weighted by Crippen LogP contribution is 2.35. The SMILES string of the molecule is CC(C)(C)S(=O)(=O)CC1CCC(CCc2ccc(C(C#N)c3ccccc3)c(Cl)c2)CC1. The molecule has 1 aliphatic carbocycles. The Bertz CT molecular complexity index is 1040. The number of nitriles is 1. The van der Waals surface area contributed by atoms with Gasteiger partial charge in [-0.2, -0.15) is 5.26 Å². The summed E-state index contributed by atoms with van der Waals surface area (Å²) in [6.45, 7) is 5.38. The zero-order chi connectivity index (χ0) is 23.4. The van der Waals surface area contributed by atoms with Crippen LogP contribution in [0.25, 0.3) is 0 Å². The Hall–Kier alpha value is -1.83. The van der Waals surface area contributed by atoms with E-state index in [0.29, 0.717) is 22.6 Å². The van der Waals surface area contributed by atoms with Gasteiger partial charge >= 0.3 is 0 Å². The van der Waals surface area contributed by atoms with Gasteiger partial charge in [0.05, 0.1) is 22.5 Å². The number of rotatable bonds is 7. The summed E-state index contributed by atoms with van der Waals surface area (Å²) in [6.07, 6.45) is 6.25. The van der Waals surface area contributed by atoms with Crippen LogP contribution in [-0.4, -0.2) is 18.9 Å². The standard InChI is InChI=1S/C27H34ClNO2S/c1-27(2,3)32(30,31)19-22-13-10-20(11-14-22)9-12-21-15-16-24(26(28)17-21)25(18-29)23-7-5-4-6-8-23/h4-8,15-17,20,22,25H,9-14,19H2,1-3H3. The fourth-order valence-corrected chi connectivity index (χ4v) is 6.31. The Morgan fingerprint density at radius 2 is 1.66 bits per heavy atom. The van der Waals surface area contributed by atoms with Crippen LogP contribution >= 0.6 is 11.6 Å². The summed E-state index contributed by atoms with van der Waals surface area (Å²) in [4.78, 5) is 0. The third kappa shape index (κ3) is 6.15. The average Bonchev–Trinajstić information content (AvgIpc) is 2.75. The normalized spacial score (nSPS) is 20.5. The third-order valence-electron chi connectivity index (χ3n) is 6.83. The van der Waals surface area contributed by atoms with Gasteiger partial charge in [-0.05, 0) is 81.0 Å². The summed E-state index contributed by atoms with van der Waals surface area (Å²) in [5.41, 5.74) is 3.00. The van der Waals surface area contributed by atoms with Crippen LogP contribution in [0.4, 0.5) is 0 Å². The van der Waals surface area contributed by atoms with Gasteiger partial charge < -0.3 is 0 Å². The zero-order valence-corrected chi connectivity index (χ0v) is 20.9. The lowest BCUT2D eigenvalue weighted by molar-refractivity contribution is 0.278. The van der Waals surface area contributed by atoms with Gasteiger partial charge in [0.15, 0.2) is 9.84 Å². The van der Waals surface area contributed by atoms with E-state index in [0.717, 1.165) is 49.7 Å². The van der Waals surface area contributed by atoms with Gasteiger partial charge in [-0.1, -0.05) is 66.9 Å². The third-order valence-corrected chi connectivity index (χ3v) is 9.94. The number of hydrogen-bond acceptors (Lipinski definition) is 3. The monoisotopic (exact) mass is 471 g/mol. The molecule has 1 fully saturated rings. The fraction of sp³-hybridized carbons (Fsp3) is 0.519. The molecule has 3 rings (SSSR count). The lowest BCUT2D eigenvalue weighted by atomic mass is 9.80. The lowest BCUT2D eigenvalue weighted by Gasteiger charge is -2.30. The van der Waals surface area contributed by atoms with Gasteiger partial charge in [0, 0.05) is 5.02 Å². The molecule has 1 unspecified atom stereocenters. The van der Waals surface area contributed by atoms with Crippen LogP contribution in [0.1, 0.15) is 75.5 Å². The molecule has 0 aliphatic heterocycles. The molecule has 32 heavy (non-hydrogen) atoms. The highest BCUT2D eigenvalue weighted by Gasteiger charge is 2.33. The summed E-state index contributed by atoms with van der Waals surface area (Å²) in [5, 5.41) is 10.3. The van der Waals surface area contributed by atoms with Crippen LogP contribution in [0.2, 0.25) is 5.02 Å². The molecule has 0 amide bonds. The number of aryl methyl sites for hydroxylation is 1. The highest BCUT2D eigenvalue weighted by molar-refractivity contribution is 7.92. The van der Waals surface area contributed by atoms with Crippen LogP contribution in [-0.2, 0) is 16.3 Å². The predicted molar refractivity (Wildman–Crippen MR) is 133 cm³/mol. The number of sulfone groups is 1. The second kappa shape index (κ2) is 10.4. The van der Waals surface area contributed by atoms with E-state index < -0.39 is 14.6 Å². The van der Waals surface area contributed by atoms with E-state index in [1.165, 1.54) is 5.56 Å². The molecule has 0 radical (unpaired) electrons. The van der Waals surface area contributed by atoms with Crippen LogP contribution in [0, 0.1) is 23.2 Å². The largest absolute Gasteiger partial charge is 0.228 e. The molecule has 5 heteroatoms. The summed E-state index contributed by atoms with van der Waals surface area (Å²) in [7, 11) is -3.05. The maximum atomic E-state index is 12.5. The summed E-state index contributed by atoms with van der Waals surface area (Å²) in [5.74, 6) is 0.891. The smallest absolute Gasteiger partial charge is 0.155 e. The van der Waals surface area contributed by atoms with Crippen molar-refractivity contribution >= 4 is 21.4 Å². The molecule has 0 N–H and O–H groups in total. The molecule has 3 nitrogen and oxygen atoms in total. The Kier molecular flexibility index (Phi) is 8.06. The topological polar surface area (TPSA) is 57.9 Å². The summed E-state index contributed by atoms with van der Waals surface area (Å²) >= 11 is 6.58. The minimum Gasteiger partial charge on any atom is -0.228 e. The number of nitrogens with zero attached hydrogens (tertiary/aromatic N) is 1. The van der Waals surface area contributed by atoms with E-state index >= 15 is 0 Å². The number of hydrogen-bond donors (Lipinski definition) is 0. The molecule has 2 aromatic rings. The molecule has 0 bridgehead atoms. The molecule has 0 spiro atoms. The van der Waals surface area contributed by atoms with E-state index in [4.69, 9.17) is 11.6 Å². The number of benzene rings is 2. The van der Waals surface area contributed by atoms with Crippen LogP contribution in [0.5, 0.6) is 0 Å². The van der Waals surface area contributed by atoms with Crippen molar-refractivity contribution < 1.29 is 8.42 Å². The molecule has 1 saturated carbocycles. The second-order valence-electron chi connectivity index (χ2n) is 10.1. The van der Waals surface area contributed by atoms with Crippen molar-refractivity contribution in [1.82, 2.24) is 0 Å². The maximum Gasteiger partial charge on any atom is 0.155 e. The first-order valence-electron chi connectivity index (χ1n) is 11.6. The number of halogens is 1. The minimum atomic E-state index is -3.05. The van der Waals surface area contributed by atoms with Crippen molar-refractivity contribution in [2.75, 3.05) is 5.75 Å². The van der Waals surface area contributed by atoms with Crippen LogP contribution < -0.4 is 0 Å². The quantitative estimate of drug-likeness (QED) is 0.439. The molecule has 0 saturated heterocycles. The Labute approximate surface area is 198 Å². The van der Waals surface area contributed by atoms with Crippen molar-refractivity contribution in [2.24, 2.45) is 11.8 Å². The fourth-order valence-electron chi connectivity index (χ4n) is 4.55. The van der Waals surface area contributed by atoms with Gasteiger partial charge in [0.1, 0.15) is 0 Å². The van der Waals surface area contributed by atoms with E-state index in [1.807, 2.05) is 42.5 Å². The first-order valence-corrected chi connectivity index (χ1v) is 13.6. The molecule has 172 valence electrons. The van der Waals surface area contributed by atoms with Crippen LogP contribution in [0.15, 0.2) is 48.5 Å². The molecule has 0 heterocycles. The van der Waals surface area contributed by atoms with Gasteiger partial charge in [-0.15, -0.1) is 0 Å². The van der Waals surface area contributed by atoms with Crippen molar-refractivity contribution in [3.05, 3.63) is 70.2 Å². The van der Waals surface area contributed by atoms with Crippen LogP contribution in [0.3, 0.4) is 0 Å². The summed E-state index contributed by atoms with van der Waals surface area (Å²) < 4.78 is 24.3. The predicted octanol–water partition coefficient (Wildman–Crippen LogP) is 6.95. The highest BCUT2D eigenvalue weighted by atomic mass is 35.5. The molecular weight excluding hydrogens is 438 g/mol. The van der Waals surface area contributed by atoms with E-state index in [-0.39, 0.29) is 5.92 Å². The molecule has 0 aromatic heterocycles. The Balaban J connectivity index is 1.54. The van der Waals surface area contributed by atoms with Crippen molar-refractivity contribution in [3.63, 3.8) is 0 Å². The summed E-state index contributed by atoms with van der Waals surface area (Å²) in [6, 6.07) is 18.2. The molecule has 2 aromatic carbocycles. The van der Waals surface area contributed by atoms with E-state index in [2.05, 4.69) is 12.1 Å². The first kappa shape index (κ1) is 24.8. The van der Waals surface area contributed by atoms with E-state index in [9.17, 15) is 13.7 Å². The average molecular weight is 472 g/mol. The zero-order valence-electron chi connectivity index (χ0n) is 19.4. The maximum absolute atomic E-state index is 12.5. The lowest BCUT2D eigenvalue weighted by Crippen LogP contribution is -2.34. The van der Waals surface area contributed by atoms with Gasteiger partial charge in [-0.3, -0.25) is 0 Å². The van der Waals surface area contributed by atoms with Crippen molar-refractivity contribution in [2.45, 2.75) is 70.0 Å².